The summed E-state index contributed by atoms with van der Waals surface area (Å²) in [5.41, 5.74) is 0.811. The molecule has 0 aliphatic rings. The molecule has 0 saturated heterocycles. The molecule has 0 radical (unpaired) electrons. The Bertz CT molecular complexity index is 597. The van der Waals surface area contributed by atoms with Crippen molar-refractivity contribution in [3.63, 3.8) is 0 Å². The van der Waals surface area contributed by atoms with Gasteiger partial charge >= 0.3 is 0 Å². The van der Waals surface area contributed by atoms with E-state index in [0.717, 1.165) is 23.8 Å². The van der Waals surface area contributed by atoms with Crippen LogP contribution in [0.4, 0.5) is 11.6 Å². The average molecular weight is 258 g/mol. The number of nitrogens with zero attached hydrogens (tertiary/aromatic N) is 5. The van der Waals surface area contributed by atoms with Crippen LogP contribution in [0.2, 0.25) is 0 Å². The molecule has 0 bridgehead atoms. The first-order valence-corrected chi connectivity index (χ1v) is 6.35. The number of fused-ring (bicyclic) bond motifs is 1. The monoisotopic (exact) mass is 258 g/mol. The maximum absolute atomic E-state index is 8.97. The fourth-order valence-electron chi connectivity index (χ4n) is 1.98. The van der Waals surface area contributed by atoms with Gasteiger partial charge in [0.05, 0.1) is 18.2 Å². The van der Waals surface area contributed by atoms with Gasteiger partial charge in [0.2, 0.25) is 0 Å². The summed E-state index contributed by atoms with van der Waals surface area (Å²) < 4.78 is 1.94. The van der Waals surface area contributed by atoms with Gasteiger partial charge in [-0.3, -0.25) is 0 Å². The van der Waals surface area contributed by atoms with Gasteiger partial charge in [0.15, 0.2) is 11.5 Å². The highest BCUT2D eigenvalue weighted by Gasteiger charge is 2.15. The van der Waals surface area contributed by atoms with Crippen LogP contribution in [-0.2, 0) is 0 Å². The molecule has 0 aliphatic heterocycles. The van der Waals surface area contributed by atoms with Gasteiger partial charge in [0, 0.05) is 32.5 Å². The third kappa shape index (κ3) is 2.60. The predicted octanol–water partition coefficient (Wildman–Crippen LogP) is 1.76. The Morgan fingerprint density at radius 2 is 2.37 bits per heavy atom. The Labute approximate surface area is 112 Å². The van der Waals surface area contributed by atoms with Crippen molar-refractivity contribution < 1.29 is 0 Å². The molecule has 1 unspecified atom stereocenters. The highest BCUT2D eigenvalue weighted by molar-refractivity contribution is 5.66. The Hall–Kier alpha value is -2.29. The quantitative estimate of drug-likeness (QED) is 0.885. The minimum absolute atomic E-state index is 0.0463. The van der Waals surface area contributed by atoms with E-state index in [0.29, 0.717) is 6.54 Å². The van der Waals surface area contributed by atoms with E-state index in [1.54, 1.807) is 6.20 Å². The van der Waals surface area contributed by atoms with Crippen molar-refractivity contribution in [3.8, 4) is 6.07 Å². The third-order valence-corrected chi connectivity index (χ3v) is 3.01. The molecule has 2 heterocycles. The second kappa shape index (κ2) is 5.57. The van der Waals surface area contributed by atoms with Crippen LogP contribution in [-0.4, -0.2) is 34.5 Å². The summed E-state index contributed by atoms with van der Waals surface area (Å²) in [5.74, 6) is 1.54. The average Bonchev–Trinajstić information content (AvgIpc) is 2.91. The van der Waals surface area contributed by atoms with E-state index in [9.17, 15) is 0 Å². The van der Waals surface area contributed by atoms with Gasteiger partial charge in [-0.2, -0.15) is 5.26 Å². The van der Waals surface area contributed by atoms with Crippen LogP contribution in [0.1, 0.15) is 13.8 Å². The highest BCUT2D eigenvalue weighted by Crippen LogP contribution is 2.21. The van der Waals surface area contributed by atoms with Crippen LogP contribution < -0.4 is 10.2 Å². The van der Waals surface area contributed by atoms with Crippen molar-refractivity contribution in [1.29, 1.82) is 5.26 Å². The first-order chi connectivity index (χ1) is 9.19. The van der Waals surface area contributed by atoms with Crippen molar-refractivity contribution >= 4 is 17.3 Å². The fourth-order valence-corrected chi connectivity index (χ4v) is 1.98. The molecule has 19 heavy (non-hydrogen) atoms. The Balaban J connectivity index is 2.46. The van der Waals surface area contributed by atoms with Crippen LogP contribution in [0.5, 0.6) is 0 Å². The van der Waals surface area contributed by atoms with Crippen LogP contribution in [0.15, 0.2) is 18.6 Å². The maximum Gasteiger partial charge on any atom is 0.180 e. The standard InChI is InChI=1S/C13H18N6/c1-4-18(8-10(2)7-14)13-12-16-5-6-19(12)9-11(15-3)17-13/h5-6,9-10,15H,4,8H2,1-3H3. The Morgan fingerprint density at radius 3 is 3.00 bits per heavy atom. The van der Waals surface area contributed by atoms with Gasteiger partial charge in [-0.1, -0.05) is 0 Å². The molecule has 0 spiro atoms. The minimum Gasteiger partial charge on any atom is -0.372 e. The van der Waals surface area contributed by atoms with E-state index in [4.69, 9.17) is 5.26 Å². The molecular weight excluding hydrogens is 240 g/mol. The van der Waals surface area contributed by atoms with E-state index in [1.165, 1.54) is 0 Å². The third-order valence-electron chi connectivity index (χ3n) is 3.01. The molecule has 0 amide bonds. The summed E-state index contributed by atoms with van der Waals surface area (Å²) in [6, 6.07) is 2.26. The fraction of sp³-hybridized carbons (Fsp3) is 0.462. The molecule has 2 aromatic heterocycles. The van der Waals surface area contributed by atoms with Gasteiger partial charge in [-0.05, 0) is 13.8 Å². The molecule has 6 heteroatoms. The van der Waals surface area contributed by atoms with E-state index in [-0.39, 0.29) is 5.92 Å². The van der Waals surface area contributed by atoms with E-state index < -0.39 is 0 Å². The van der Waals surface area contributed by atoms with Crippen LogP contribution in [0.3, 0.4) is 0 Å². The molecular formula is C13H18N6. The van der Waals surface area contributed by atoms with Crippen molar-refractivity contribution in [3.05, 3.63) is 18.6 Å². The lowest BCUT2D eigenvalue weighted by Crippen LogP contribution is -2.29. The summed E-state index contributed by atoms with van der Waals surface area (Å²) in [6.07, 6.45) is 5.54. The predicted molar refractivity (Wildman–Crippen MR) is 75.2 cm³/mol. The Morgan fingerprint density at radius 1 is 1.58 bits per heavy atom. The highest BCUT2D eigenvalue weighted by atomic mass is 15.2. The number of imidazole rings is 1. The lowest BCUT2D eigenvalue weighted by atomic mass is 10.2. The molecule has 2 aromatic rings. The SMILES string of the molecule is CCN(CC(C)C#N)c1nc(NC)cn2ccnc12. The topological polar surface area (TPSA) is 69.2 Å². The molecule has 0 aliphatic carbocycles. The Kier molecular flexibility index (Phi) is 3.85. The zero-order valence-corrected chi connectivity index (χ0v) is 11.5. The van der Waals surface area contributed by atoms with E-state index >= 15 is 0 Å². The minimum atomic E-state index is -0.0463. The second-order valence-electron chi connectivity index (χ2n) is 4.43. The smallest absolute Gasteiger partial charge is 0.180 e. The number of anilines is 2. The summed E-state index contributed by atoms with van der Waals surface area (Å²) in [4.78, 5) is 11.0. The summed E-state index contributed by atoms with van der Waals surface area (Å²) in [6.45, 7) is 5.40. The first-order valence-electron chi connectivity index (χ1n) is 6.35. The van der Waals surface area contributed by atoms with Gasteiger partial charge in [-0.25, -0.2) is 9.97 Å². The normalized spacial score (nSPS) is 12.1. The number of aromatic nitrogens is 3. The zero-order chi connectivity index (χ0) is 13.8. The number of nitriles is 1. The molecule has 6 nitrogen and oxygen atoms in total. The largest absolute Gasteiger partial charge is 0.372 e. The van der Waals surface area contributed by atoms with Crippen molar-refractivity contribution in [2.24, 2.45) is 5.92 Å². The number of nitrogens with one attached hydrogen (secondary N) is 1. The van der Waals surface area contributed by atoms with Gasteiger partial charge in [0.1, 0.15) is 5.82 Å². The molecule has 1 N–H and O–H groups in total. The van der Waals surface area contributed by atoms with Crippen LogP contribution in [0.25, 0.3) is 5.65 Å². The molecule has 100 valence electrons. The molecule has 0 fully saturated rings. The number of hydrogen-bond acceptors (Lipinski definition) is 5. The van der Waals surface area contributed by atoms with Gasteiger partial charge < -0.3 is 14.6 Å². The summed E-state index contributed by atoms with van der Waals surface area (Å²) >= 11 is 0. The first kappa shape index (κ1) is 13.1. The number of hydrogen-bond donors (Lipinski definition) is 1. The summed E-state index contributed by atoms with van der Waals surface area (Å²) in [7, 11) is 1.84. The molecule has 0 saturated carbocycles. The van der Waals surface area contributed by atoms with Crippen molar-refractivity contribution in [2.75, 3.05) is 30.4 Å². The molecule has 1 atom stereocenters. The lowest BCUT2D eigenvalue weighted by molar-refractivity contribution is 0.680. The lowest BCUT2D eigenvalue weighted by Gasteiger charge is -2.23. The second-order valence-corrected chi connectivity index (χ2v) is 4.43. The molecule has 0 aromatic carbocycles. The summed E-state index contributed by atoms with van der Waals surface area (Å²) in [5, 5.41) is 12.0. The zero-order valence-electron chi connectivity index (χ0n) is 11.5. The van der Waals surface area contributed by atoms with Gasteiger partial charge in [0.25, 0.3) is 0 Å². The maximum atomic E-state index is 8.97. The van der Waals surface area contributed by atoms with Crippen LogP contribution >= 0.6 is 0 Å². The van der Waals surface area contributed by atoms with Crippen molar-refractivity contribution in [1.82, 2.24) is 14.4 Å². The molecule has 2 rings (SSSR count). The number of rotatable bonds is 5. The van der Waals surface area contributed by atoms with Crippen LogP contribution in [0, 0.1) is 17.2 Å². The van der Waals surface area contributed by atoms with Crippen molar-refractivity contribution in [2.45, 2.75) is 13.8 Å². The van der Waals surface area contributed by atoms with Gasteiger partial charge in [-0.15, -0.1) is 0 Å². The van der Waals surface area contributed by atoms with E-state index in [1.807, 2.05) is 30.8 Å². The van der Waals surface area contributed by atoms with E-state index in [2.05, 4.69) is 33.2 Å².